The van der Waals surface area contributed by atoms with Gasteiger partial charge in [0.25, 0.3) is 0 Å². The number of halogens is 3. The van der Waals surface area contributed by atoms with Crippen molar-refractivity contribution in [2.75, 3.05) is 5.32 Å². The van der Waals surface area contributed by atoms with Crippen LogP contribution in [-0.2, 0) is 6.54 Å². The lowest BCUT2D eigenvalue weighted by Gasteiger charge is -2.07. The normalized spacial score (nSPS) is 10.9. The lowest BCUT2D eigenvalue weighted by molar-refractivity contribution is 0.511. The second-order valence-corrected chi connectivity index (χ2v) is 4.80. The molecule has 1 heterocycles. The van der Waals surface area contributed by atoms with Crippen LogP contribution in [0.1, 0.15) is 5.69 Å². The summed E-state index contributed by atoms with van der Waals surface area (Å²) in [6, 6.07) is 11.6. The lowest BCUT2D eigenvalue weighted by atomic mass is 10.2. The maximum atomic E-state index is 13.5. The number of hydrogen-bond acceptors (Lipinski definition) is 1. The summed E-state index contributed by atoms with van der Waals surface area (Å²) >= 11 is 6.26. The van der Waals surface area contributed by atoms with Crippen molar-refractivity contribution in [1.29, 1.82) is 0 Å². The molecule has 3 rings (SSSR count). The zero-order chi connectivity index (χ0) is 14.1. The Labute approximate surface area is 119 Å². The van der Waals surface area contributed by atoms with Gasteiger partial charge in [0.15, 0.2) is 11.6 Å². The molecule has 0 radical (unpaired) electrons. The topological polar surface area (TPSA) is 27.8 Å². The molecule has 3 aromatic rings. The molecule has 0 fully saturated rings. The summed E-state index contributed by atoms with van der Waals surface area (Å²) in [6.45, 7) is 0.286. The van der Waals surface area contributed by atoms with Crippen molar-refractivity contribution in [3.8, 4) is 0 Å². The largest absolute Gasteiger partial charge is 0.377 e. The maximum Gasteiger partial charge on any atom is 0.181 e. The first kappa shape index (κ1) is 12.9. The highest BCUT2D eigenvalue weighted by molar-refractivity contribution is 6.36. The van der Waals surface area contributed by atoms with Crippen LogP contribution >= 0.6 is 11.6 Å². The first-order valence-electron chi connectivity index (χ1n) is 6.10. The fourth-order valence-electron chi connectivity index (χ4n) is 2.11. The van der Waals surface area contributed by atoms with Gasteiger partial charge in [0, 0.05) is 10.9 Å². The summed E-state index contributed by atoms with van der Waals surface area (Å²) in [4.78, 5) is 3.16. The summed E-state index contributed by atoms with van der Waals surface area (Å²) in [7, 11) is 0. The Morgan fingerprint density at radius 1 is 1.05 bits per heavy atom. The van der Waals surface area contributed by atoms with Gasteiger partial charge < -0.3 is 10.3 Å². The van der Waals surface area contributed by atoms with Crippen molar-refractivity contribution in [3.05, 3.63) is 64.8 Å². The molecule has 0 aliphatic heterocycles. The Kier molecular flexibility index (Phi) is 3.32. The average molecular weight is 293 g/mol. The molecule has 0 aliphatic carbocycles. The van der Waals surface area contributed by atoms with Crippen molar-refractivity contribution in [2.24, 2.45) is 0 Å². The molecule has 0 amide bonds. The van der Waals surface area contributed by atoms with Crippen LogP contribution in [0.3, 0.4) is 0 Å². The van der Waals surface area contributed by atoms with Gasteiger partial charge in [0.2, 0.25) is 0 Å². The highest BCUT2D eigenvalue weighted by Gasteiger charge is 2.11. The summed E-state index contributed by atoms with van der Waals surface area (Å²) in [6.07, 6.45) is 0. The van der Waals surface area contributed by atoms with E-state index >= 15 is 0 Å². The second-order valence-electron chi connectivity index (χ2n) is 4.42. The predicted octanol–water partition coefficient (Wildman–Crippen LogP) is 4.71. The van der Waals surface area contributed by atoms with Crippen LogP contribution in [0, 0.1) is 11.6 Å². The molecule has 0 atom stereocenters. The van der Waals surface area contributed by atoms with Gasteiger partial charge >= 0.3 is 0 Å². The third-order valence-electron chi connectivity index (χ3n) is 3.12. The molecule has 0 spiro atoms. The Balaban J connectivity index is 1.87. The minimum atomic E-state index is -0.889. The van der Waals surface area contributed by atoms with E-state index in [4.69, 9.17) is 11.6 Å². The smallest absolute Gasteiger partial charge is 0.181 e. The molecule has 102 valence electrons. The van der Waals surface area contributed by atoms with E-state index in [9.17, 15) is 8.78 Å². The number of anilines is 1. The van der Waals surface area contributed by atoms with Gasteiger partial charge in [-0.05, 0) is 18.2 Å². The van der Waals surface area contributed by atoms with Gasteiger partial charge in [-0.25, -0.2) is 8.78 Å². The minimum absolute atomic E-state index is 0.111. The molecule has 0 saturated heterocycles. The standard InChI is InChI=1S/C15H11ClF2N2/c16-14-9-4-1-2-6-11(9)20-13(14)8-19-12-7-3-5-10(17)15(12)18/h1-7,19-20H,8H2. The van der Waals surface area contributed by atoms with Crippen LogP contribution in [0.25, 0.3) is 10.9 Å². The van der Waals surface area contributed by atoms with E-state index in [2.05, 4.69) is 10.3 Å². The molecule has 0 bridgehead atoms. The monoisotopic (exact) mass is 292 g/mol. The molecule has 0 aliphatic rings. The quantitative estimate of drug-likeness (QED) is 0.719. The molecule has 1 aromatic heterocycles. The Morgan fingerprint density at radius 2 is 1.85 bits per heavy atom. The van der Waals surface area contributed by atoms with Gasteiger partial charge in [-0.15, -0.1) is 0 Å². The highest BCUT2D eigenvalue weighted by Crippen LogP contribution is 2.28. The van der Waals surface area contributed by atoms with Crippen molar-refractivity contribution in [1.82, 2.24) is 4.98 Å². The van der Waals surface area contributed by atoms with Crippen LogP contribution in [0.5, 0.6) is 0 Å². The predicted molar refractivity (Wildman–Crippen MR) is 77.0 cm³/mol. The van der Waals surface area contributed by atoms with E-state index < -0.39 is 11.6 Å². The van der Waals surface area contributed by atoms with Crippen molar-refractivity contribution < 1.29 is 8.78 Å². The number of benzene rings is 2. The third-order valence-corrected chi connectivity index (χ3v) is 3.55. The zero-order valence-electron chi connectivity index (χ0n) is 10.4. The number of nitrogens with one attached hydrogen (secondary N) is 2. The van der Waals surface area contributed by atoms with E-state index in [-0.39, 0.29) is 12.2 Å². The minimum Gasteiger partial charge on any atom is -0.377 e. The van der Waals surface area contributed by atoms with E-state index in [0.29, 0.717) is 5.02 Å². The number of hydrogen-bond donors (Lipinski definition) is 2. The molecular weight excluding hydrogens is 282 g/mol. The Hall–Kier alpha value is -2.07. The van der Waals surface area contributed by atoms with Crippen LogP contribution in [0.2, 0.25) is 5.02 Å². The maximum absolute atomic E-state index is 13.5. The van der Waals surface area contributed by atoms with Crippen LogP contribution < -0.4 is 5.32 Å². The molecule has 2 nitrogen and oxygen atoms in total. The SMILES string of the molecule is Fc1cccc(NCc2[nH]c3ccccc3c2Cl)c1F. The second kappa shape index (κ2) is 5.13. The number of fused-ring (bicyclic) bond motifs is 1. The van der Waals surface area contributed by atoms with Gasteiger partial charge in [-0.1, -0.05) is 35.9 Å². The van der Waals surface area contributed by atoms with Crippen molar-refractivity contribution >= 4 is 28.2 Å². The van der Waals surface area contributed by atoms with Gasteiger partial charge in [-0.3, -0.25) is 0 Å². The number of para-hydroxylation sites is 1. The third kappa shape index (κ3) is 2.23. The van der Waals surface area contributed by atoms with Gasteiger partial charge in [0.1, 0.15) is 0 Å². The van der Waals surface area contributed by atoms with Gasteiger partial charge in [0.05, 0.1) is 22.9 Å². The fraction of sp³-hybridized carbons (Fsp3) is 0.0667. The van der Waals surface area contributed by atoms with Crippen molar-refractivity contribution in [3.63, 3.8) is 0 Å². The van der Waals surface area contributed by atoms with E-state index in [1.54, 1.807) is 0 Å². The molecule has 2 aromatic carbocycles. The van der Waals surface area contributed by atoms with E-state index in [1.807, 2.05) is 24.3 Å². The number of aromatic amines is 1. The number of rotatable bonds is 3. The Bertz CT molecular complexity index is 768. The fourth-order valence-corrected chi connectivity index (χ4v) is 2.39. The first-order chi connectivity index (χ1) is 9.66. The molecule has 5 heteroatoms. The number of H-pyrrole nitrogens is 1. The zero-order valence-corrected chi connectivity index (χ0v) is 11.1. The molecule has 20 heavy (non-hydrogen) atoms. The lowest BCUT2D eigenvalue weighted by Crippen LogP contribution is -2.03. The van der Waals surface area contributed by atoms with Crippen LogP contribution in [0.15, 0.2) is 42.5 Å². The van der Waals surface area contributed by atoms with Crippen molar-refractivity contribution in [2.45, 2.75) is 6.54 Å². The van der Waals surface area contributed by atoms with Crippen LogP contribution in [-0.4, -0.2) is 4.98 Å². The summed E-state index contributed by atoms with van der Waals surface area (Å²) < 4.78 is 26.6. The van der Waals surface area contributed by atoms with Gasteiger partial charge in [-0.2, -0.15) is 0 Å². The van der Waals surface area contributed by atoms with E-state index in [0.717, 1.165) is 22.7 Å². The number of aromatic nitrogens is 1. The van der Waals surface area contributed by atoms with E-state index in [1.165, 1.54) is 12.1 Å². The summed E-state index contributed by atoms with van der Waals surface area (Å²) in [5, 5.41) is 4.34. The molecule has 0 saturated carbocycles. The molecule has 0 unspecified atom stereocenters. The van der Waals surface area contributed by atoms with Crippen LogP contribution in [0.4, 0.5) is 14.5 Å². The average Bonchev–Trinajstić information content (AvgIpc) is 2.78. The summed E-state index contributed by atoms with van der Waals surface area (Å²) in [5.74, 6) is -1.77. The first-order valence-corrected chi connectivity index (χ1v) is 6.47. The summed E-state index contributed by atoms with van der Waals surface area (Å²) in [5.41, 5.74) is 1.75. The highest BCUT2D eigenvalue weighted by atomic mass is 35.5. The Morgan fingerprint density at radius 3 is 2.65 bits per heavy atom. The molecule has 2 N–H and O–H groups in total. The molecular formula is C15H11ClF2N2.